The zero-order valence-electron chi connectivity index (χ0n) is 11.8. The number of carbonyl (C=O) groups is 1. The first-order valence-corrected chi connectivity index (χ1v) is 6.21. The molecule has 1 amide bonds. The van der Waals surface area contributed by atoms with Crippen molar-refractivity contribution < 1.29 is 4.79 Å². The standard InChI is InChI=1S/C13H28N2O/c1-7-11(10-14-5)12(16)15(6)9-8-13(2,3)4/h11,14H,7-10H2,1-6H3. The molecule has 0 aromatic carbocycles. The highest BCUT2D eigenvalue weighted by Gasteiger charge is 2.20. The van der Waals surface area contributed by atoms with E-state index in [0.717, 1.165) is 25.9 Å². The van der Waals surface area contributed by atoms with Crippen molar-refractivity contribution in [1.29, 1.82) is 0 Å². The van der Waals surface area contributed by atoms with Crippen LogP contribution in [0.1, 0.15) is 40.5 Å². The third kappa shape index (κ3) is 6.11. The highest BCUT2D eigenvalue weighted by molar-refractivity contribution is 5.78. The molecule has 0 aliphatic carbocycles. The Bertz CT molecular complexity index is 208. The maximum Gasteiger partial charge on any atom is 0.226 e. The van der Waals surface area contributed by atoms with E-state index in [2.05, 4.69) is 33.0 Å². The van der Waals surface area contributed by atoms with Gasteiger partial charge in [0.1, 0.15) is 0 Å². The minimum atomic E-state index is 0.120. The summed E-state index contributed by atoms with van der Waals surface area (Å²) in [5.41, 5.74) is 0.291. The van der Waals surface area contributed by atoms with Crippen LogP contribution in [0.4, 0.5) is 0 Å². The Morgan fingerprint density at radius 2 is 1.94 bits per heavy atom. The Labute approximate surface area is 101 Å². The van der Waals surface area contributed by atoms with E-state index in [9.17, 15) is 4.79 Å². The van der Waals surface area contributed by atoms with E-state index in [0.29, 0.717) is 5.41 Å². The van der Waals surface area contributed by atoms with Gasteiger partial charge in [-0.2, -0.15) is 0 Å². The van der Waals surface area contributed by atoms with Gasteiger partial charge in [0.2, 0.25) is 5.91 Å². The van der Waals surface area contributed by atoms with Crippen molar-refractivity contribution in [2.75, 3.05) is 27.2 Å². The average Bonchev–Trinajstić information content (AvgIpc) is 2.20. The van der Waals surface area contributed by atoms with Crippen LogP contribution < -0.4 is 5.32 Å². The third-order valence-corrected chi connectivity index (χ3v) is 2.87. The molecule has 0 rings (SSSR count). The Kier molecular flexibility index (Phi) is 6.65. The molecule has 0 heterocycles. The van der Waals surface area contributed by atoms with Crippen LogP contribution in [0.2, 0.25) is 0 Å². The van der Waals surface area contributed by atoms with Gasteiger partial charge in [0.15, 0.2) is 0 Å². The summed E-state index contributed by atoms with van der Waals surface area (Å²) >= 11 is 0. The molecular formula is C13H28N2O. The molecule has 0 aliphatic rings. The van der Waals surface area contributed by atoms with Crippen molar-refractivity contribution in [3.63, 3.8) is 0 Å². The first kappa shape index (κ1) is 15.4. The van der Waals surface area contributed by atoms with Crippen molar-refractivity contribution in [2.45, 2.75) is 40.5 Å². The van der Waals surface area contributed by atoms with Gasteiger partial charge >= 0.3 is 0 Å². The summed E-state index contributed by atoms with van der Waals surface area (Å²) in [5, 5.41) is 3.08. The zero-order valence-corrected chi connectivity index (χ0v) is 11.8. The highest BCUT2D eigenvalue weighted by atomic mass is 16.2. The molecule has 3 heteroatoms. The molecule has 0 aliphatic heterocycles. The second-order valence-corrected chi connectivity index (χ2v) is 5.73. The molecule has 3 nitrogen and oxygen atoms in total. The molecule has 0 saturated carbocycles. The zero-order chi connectivity index (χ0) is 12.8. The molecule has 0 aromatic heterocycles. The molecule has 0 radical (unpaired) electrons. The summed E-state index contributed by atoms with van der Waals surface area (Å²) in [4.78, 5) is 13.9. The Balaban J connectivity index is 4.15. The molecule has 16 heavy (non-hydrogen) atoms. The number of nitrogens with zero attached hydrogens (tertiary/aromatic N) is 1. The number of hydrogen-bond donors (Lipinski definition) is 1. The molecule has 0 saturated heterocycles. The monoisotopic (exact) mass is 228 g/mol. The summed E-state index contributed by atoms with van der Waals surface area (Å²) in [6, 6.07) is 0. The third-order valence-electron chi connectivity index (χ3n) is 2.87. The first-order chi connectivity index (χ1) is 7.31. The van der Waals surface area contributed by atoms with Gasteiger partial charge in [0.05, 0.1) is 5.92 Å². The molecule has 1 unspecified atom stereocenters. The van der Waals surface area contributed by atoms with Gasteiger partial charge in [0, 0.05) is 20.1 Å². The molecule has 0 fully saturated rings. The van der Waals surface area contributed by atoms with Gasteiger partial charge in [0.25, 0.3) is 0 Å². The van der Waals surface area contributed by atoms with Crippen LogP contribution in [0.15, 0.2) is 0 Å². The molecule has 1 atom stereocenters. The lowest BCUT2D eigenvalue weighted by Crippen LogP contribution is -2.38. The number of carbonyl (C=O) groups excluding carboxylic acids is 1. The molecule has 0 spiro atoms. The second kappa shape index (κ2) is 6.89. The number of rotatable bonds is 6. The van der Waals surface area contributed by atoms with Crippen molar-refractivity contribution in [3.8, 4) is 0 Å². The van der Waals surface area contributed by atoms with E-state index in [1.807, 2.05) is 19.0 Å². The van der Waals surface area contributed by atoms with E-state index in [-0.39, 0.29) is 11.8 Å². The molecular weight excluding hydrogens is 200 g/mol. The van der Waals surface area contributed by atoms with Crippen LogP contribution in [0.25, 0.3) is 0 Å². The van der Waals surface area contributed by atoms with Crippen LogP contribution in [0.5, 0.6) is 0 Å². The van der Waals surface area contributed by atoms with Gasteiger partial charge in [-0.1, -0.05) is 27.7 Å². The van der Waals surface area contributed by atoms with Crippen LogP contribution in [0.3, 0.4) is 0 Å². The lowest BCUT2D eigenvalue weighted by atomic mass is 9.92. The maximum absolute atomic E-state index is 12.1. The predicted octanol–water partition coefficient (Wildman–Crippen LogP) is 2.13. The molecule has 96 valence electrons. The summed E-state index contributed by atoms with van der Waals surface area (Å²) in [6.45, 7) is 10.3. The summed E-state index contributed by atoms with van der Waals surface area (Å²) in [5.74, 6) is 0.385. The van der Waals surface area contributed by atoms with Crippen molar-refractivity contribution in [2.24, 2.45) is 11.3 Å². The number of amides is 1. The van der Waals surface area contributed by atoms with Gasteiger partial charge < -0.3 is 10.2 Å². The van der Waals surface area contributed by atoms with E-state index in [1.165, 1.54) is 0 Å². The van der Waals surface area contributed by atoms with Crippen LogP contribution >= 0.6 is 0 Å². The molecule has 0 bridgehead atoms. The van der Waals surface area contributed by atoms with E-state index >= 15 is 0 Å². The Morgan fingerprint density at radius 3 is 2.31 bits per heavy atom. The lowest BCUT2D eigenvalue weighted by molar-refractivity contribution is -0.134. The summed E-state index contributed by atoms with van der Waals surface area (Å²) in [7, 11) is 3.80. The quantitative estimate of drug-likeness (QED) is 0.755. The van der Waals surface area contributed by atoms with Gasteiger partial charge in [-0.25, -0.2) is 0 Å². The number of nitrogens with one attached hydrogen (secondary N) is 1. The van der Waals surface area contributed by atoms with E-state index < -0.39 is 0 Å². The van der Waals surface area contributed by atoms with Gasteiger partial charge in [-0.15, -0.1) is 0 Å². The second-order valence-electron chi connectivity index (χ2n) is 5.73. The van der Waals surface area contributed by atoms with Crippen molar-refractivity contribution >= 4 is 5.91 Å². The van der Waals surface area contributed by atoms with E-state index in [4.69, 9.17) is 0 Å². The van der Waals surface area contributed by atoms with Crippen LogP contribution in [0, 0.1) is 11.3 Å². The Morgan fingerprint density at radius 1 is 1.38 bits per heavy atom. The predicted molar refractivity (Wildman–Crippen MR) is 69.4 cm³/mol. The summed E-state index contributed by atoms with van der Waals surface area (Å²) < 4.78 is 0. The van der Waals surface area contributed by atoms with Crippen molar-refractivity contribution in [3.05, 3.63) is 0 Å². The average molecular weight is 228 g/mol. The summed E-state index contributed by atoms with van der Waals surface area (Å²) in [6.07, 6.45) is 1.95. The smallest absolute Gasteiger partial charge is 0.226 e. The minimum absolute atomic E-state index is 0.120. The minimum Gasteiger partial charge on any atom is -0.345 e. The first-order valence-electron chi connectivity index (χ1n) is 6.21. The normalized spacial score (nSPS) is 13.6. The topological polar surface area (TPSA) is 32.3 Å². The Hall–Kier alpha value is -0.570. The fourth-order valence-corrected chi connectivity index (χ4v) is 1.58. The van der Waals surface area contributed by atoms with Crippen molar-refractivity contribution in [1.82, 2.24) is 10.2 Å². The fraction of sp³-hybridized carbons (Fsp3) is 0.923. The van der Waals surface area contributed by atoms with Gasteiger partial charge in [-0.05, 0) is 25.3 Å². The fourth-order valence-electron chi connectivity index (χ4n) is 1.58. The van der Waals surface area contributed by atoms with Gasteiger partial charge in [-0.3, -0.25) is 4.79 Å². The molecule has 0 aromatic rings. The van der Waals surface area contributed by atoms with E-state index in [1.54, 1.807) is 0 Å². The lowest BCUT2D eigenvalue weighted by Gasteiger charge is -2.26. The maximum atomic E-state index is 12.1. The van der Waals surface area contributed by atoms with Crippen LogP contribution in [-0.2, 0) is 4.79 Å². The largest absolute Gasteiger partial charge is 0.345 e. The SMILES string of the molecule is CCC(CNC)C(=O)N(C)CCC(C)(C)C. The highest BCUT2D eigenvalue weighted by Crippen LogP contribution is 2.19. The molecule has 1 N–H and O–H groups in total. The van der Waals surface area contributed by atoms with Crippen LogP contribution in [-0.4, -0.2) is 38.0 Å². The number of hydrogen-bond acceptors (Lipinski definition) is 2.